The van der Waals surface area contributed by atoms with Crippen molar-refractivity contribution in [2.24, 2.45) is 17.8 Å². The molecule has 0 unspecified atom stereocenters. The van der Waals surface area contributed by atoms with Crippen LogP contribution in [0.1, 0.15) is 60.3 Å². The van der Waals surface area contributed by atoms with Gasteiger partial charge in [0.15, 0.2) is 0 Å². The van der Waals surface area contributed by atoms with E-state index in [9.17, 15) is 4.79 Å². The van der Waals surface area contributed by atoms with Gasteiger partial charge in [0.2, 0.25) is 0 Å². The summed E-state index contributed by atoms with van der Waals surface area (Å²) in [6, 6.07) is 10.3. The van der Waals surface area contributed by atoms with E-state index in [0.29, 0.717) is 5.69 Å². The second-order valence-electron chi connectivity index (χ2n) is 8.94. The fourth-order valence-corrected chi connectivity index (χ4v) is 6.17. The number of benzene rings is 1. The Morgan fingerprint density at radius 1 is 1.12 bits per heavy atom. The van der Waals surface area contributed by atoms with Crippen LogP contribution in [0.25, 0.3) is 0 Å². The number of hydrogen-bond donors (Lipinski definition) is 1. The minimum absolute atomic E-state index is 0.0243. The summed E-state index contributed by atoms with van der Waals surface area (Å²) in [6.07, 6.45) is 9.49. The number of aromatic nitrogens is 2. The maximum atomic E-state index is 13.0. The van der Waals surface area contributed by atoms with Crippen molar-refractivity contribution in [1.29, 1.82) is 0 Å². The van der Waals surface area contributed by atoms with Gasteiger partial charge in [0.1, 0.15) is 5.69 Å². The Morgan fingerprint density at radius 2 is 1.73 bits per heavy atom. The van der Waals surface area contributed by atoms with Gasteiger partial charge in [0, 0.05) is 17.8 Å². The van der Waals surface area contributed by atoms with Crippen molar-refractivity contribution in [1.82, 2.24) is 14.9 Å². The van der Waals surface area contributed by atoms with Gasteiger partial charge >= 0.3 is 0 Å². The van der Waals surface area contributed by atoms with Crippen molar-refractivity contribution in [3.8, 4) is 0 Å². The van der Waals surface area contributed by atoms with E-state index in [0.717, 1.165) is 30.0 Å². The SMILES string of the molecule is Cc1c(C(=O)NC23CC4CC(CC(C4)C2)C3)ncn1Cc1ccccc1. The standard InChI is InChI=1S/C22H27N3O/c1-15-20(23-14-25(15)13-16-5-3-2-4-6-16)21(26)24-22-10-17-7-18(11-22)9-19(8-17)12-22/h2-6,14,17-19H,7-13H2,1H3,(H,24,26). The lowest BCUT2D eigenvalue weighted by molar-refractivity contribution is -0.0167. The van der Waals surface area contributed by atoms with E-state index in [4.69, 9.17) is 0 Å². The molecule has 136 valence electrons. The number of amides is 1. The van der Waals surface area contributed by atoms with Crippen LogP contribution >= 0.6 is 0 Å². The lowest BCUT2D eigenvalue weighted by atomic mass is 9.53. The molecule has 0 aliphatic heterocycles. The van der Waals surface area contributed by atoms with E-state index >= 15 is 0 Å². The first kappa shape index (κ1) is 16.1. The predicted octanol–water partition coefficient (Wildman–Crippen LogP) is 3.94. The van der Waals surface area contributed by atoms with Crippen LogP contribution in [0.2, 0.25) is 0 Å². The second-order valence-corrected chi connectivity index (χ2v) is 8.94. The van der Waals surface area contributed by atoms with Gasteiger partial charge in [-0.25, -0.2) is 4.98 Å². The molecule has 1 heterocycles. The molecule has 4 saturated carbocycles. The highest BCUT2D eigenvalue weighted by Gasteiger charge is 2.51. The van der Waals surface area contributed by atoms with Crippen molar-refractivity contribution >= 4 is 5.91 Å². The molecule has 0 spiro atoms. The van der Waals surface area contributed by atoms with E-state index in [1.54, 1.807) is 6.33 Å². The number of rotatable bonds is 4. The molecular weight excluding hydrogens is 322 g/mol. The molecular formula is C22H27N3O. The molecule has 1 N–H and O–H groups in total. The Bertz CT molecular complexity index is 788. The molecule has 2 aromatic rings. The third-order valence-electron chi connectivity index (χ3n) is 6.93. The van der Waals surface area contributed by atoms with E-state index in [1.807, 2.05) is 25.1 Å². The number of carbonyl (C=O) groups excluding carboxylic acids is 1. The number of nitrogens with one attached hydrogen (secondary N) is 1. The molecule has 4 bridgehead atoms. The van der Waals surface area contributed by atoms with Crippen molar-refractivity contribution in [3.63, 3.8) is 0 Å². The van der Waals surface area contributed by atoms with Crippen molar-refractivity contribution < 1.29 is 4.79 Å². The van der Waals surface area contributed by atoms with Crippen molar-refractivity contribution in [2.75, 3.05) is 0 Å². The highest BCUT2D eigenvalue weighted by Crippen LogP contribution is 2.55. The van der Waals surface area contributed by atoms with E-state index < -0.39 is 0 Å². The molecule has 6 rings (SSSR count). The Hall–Kier alpha value is -2.10. The first-order chi connectivity index (χ1) is 12.6. The zero-order valence-electron chi connectivity index (χ0n) is 15.4. The molecule has 0 radical (unpaired) electrons. The minimum Gasteiger partial charge on any atom is -0.345 e. The molecule has 4 fully saturated rings. The topological polar surface area (TPSA) is 46.9 Å². The molecule has 1 aromatic heterocycles. The van der Waals surface area contributed by atoms with Gasteiger partial charge in [-0.15, -0.1) is 0 Å². The average Bonchev–Trinajstić information content (AvgIpc) is 2.95. The third-order valence-corrected chi connectivity index (χ3v) is 6.93. The average molecular weight is 349 g/mol. The largest absolute Gasteiger partial charge is 0.345 e. The molecule has 1 amide bonds. The summed E-state index contributed by atoms with van der Waals surface area (Å²) in [5.74, 6) is 2.52. The molecule has 1 aromatic carbocycles. The van der Waals surface area contributed by atoms with Crippen LogP contribution in [-0.4, -0.2) is 21.0 Å². The minimum atomic E-state index is 0.0243. The van der Waals surface area contributed by atoms with Gasteiger partial charge in [0.25, 0.3) is 5.91 Å². The van der Waals surface area contributed by atoms with E-state index in [1.165, 1.54) is 44.1 Å². The van der Waals surface area contributed by atoms with Gasteiger partial charge in [-0.2, -0.15) is 0 Å². The van der Waals surface area contributed by atoms with Crippen LogP contribution in [-0.2, 0) is 6.54 Å². The molecule has 4 aliphatic rings. The van der Waals surface area contributed by atoms with E-state index in [-0.39, 0.29) is 11.4 Å². The molecule has 26 heavy (non-hydrogen) atoms. The van der Waals surface area contributed by atoms with Gasteiger partial charge in [-0.3, -0.25) is 4.79 Å². The van der Waals surface area contributed by atoms with Gasteiger partial charge < -0.3 is 9.88 Å². The molecule has 4 nitrogen and oxygen atoms in total. The van der Waals surface area contributed by atoms with Crippen LogP contribution in [0.4, 0.5) is 0 Å². The molecule has 0 atom stereocenters. The van der Waals surface area contributed by atoms with Crippen LogP contribution < -0.4 is 5.32 Å². The Morgan fingerprint density at radius 3 is 2.35 bits per heavy atom. The molecule has 4 aliphatic carbocycles. The normalized spacial score (nSPS) is 32.0. The number of hydrogen-bond acceptors (Lipinski definition) is 2. The quantitative estimate of drug-likeness (QED) is 0.909. The van der Waals surface area contributed by atoms with Gasteiger partial charge in [0.05, 0.1) is 6.33 Å². The maximum Gasteiger partial charge on any atom is 0.272 e. The van der Waals surface area contributed by atoms with Crippen LogP contribution in [0.15, 0.2) is 36.7 Å². The fraction of sp³-hybridized carbons (Fsp3) is 0.545. The maximum absolute atomic E-state index is 13.0. The lowest BCUT2D eigenvalue weighted by Crippen LogP contribution is -2.59. The zero-order chi connectivity index (χ0) is 17.7. The highest BCUT2D eigenvalue weighted by molar-refractivity contribution is 5.94. The van der Waals surface area contributed by atoms with Gasteiger partial charge in [-0.1, -0.05) is 30.3 Å². The number of carbonyl (C=O) groups is 1. The summed E-state index contributed by atoms with van der Waals surface area (Å²) < 4.78 is 2.07. The van der Waals surface area contributed by atoms with Crippen LogP contribution in [0.3, 0.4) is 0 Å². The Balaban J connectivity index is 1.33. The molecule has 4 heteroatoms. The highest BCUT2D eigenvalue weighted by atomic mass is 16.2. The number of imidazole rings is 1. The van der Waals surface area contributed by atoms with Gasteiger partial charge in [-0.05, 0) is 68.8 Å². The molecule has 0 saturated heterocycles. The smallest absolute Gasteiger partial charge is 0.272 e. The lowest BCUT2D eigenvalue weighted by Gasteiger charge is -2.56. The van der Waals surface area contributed by atoms with Crippen molar-refractivity contribution in [2.45, 2.75) is 57.5 Å². The fourth-order valence-electron chi connectivity index (χ4n) is 6.17. The van der Waals surface area contributed by atoms with Crippen molar-refractivity contribution in [3.05, 3.63) is 53.6 Å². The Kier molecular flexibility index (Phi) is 3.70. The zero-order valence-corrected chi connectivity index (χ0v) is 15.4. The van der Waals surface area contributed by atoms with E-state index in [2.05, 4.69) is 27.0 Å². The van der Waals surface area contributed by atoms with Crippen LogP contribution in [0.5, 0.6) is 0 Å². The summed E-state index contributed by atoms with van der Waals surface area (Å²) in [4.78, 5) is 17.5. The monoisotopic (exact) mass is 349 g/mol. The Labute approximate surface area is 155 Å². The van der Waals surface area contributed by atoms with Crippen LogP contribution in [0, 0.1) is 24.7 Å². The summed E-state index contributed by atoms with van der Waals surface area (Å²) in [7, 11) is 0. The summed E-state index contributed by atoms with van der Waals surface area (Å²) in [5, 5.41) is 3.44. The first-order valence-corrected chi connectivity index (χ1v) is 9.98. The predicted molar refractivity (Wildman–Crippen MR) is 101 cm³/mol. The summed E-state index contributed by atoms with van der Waals surface area (Å²) >= 11 is 0. The number of nitrogens with zero attached hydrogens (tertiary/aromatic N) is 2. The third kappa shape index (κ3) is 2.76. The summed E-state index contributed by atoms with van der Waals surface area (Å²) in [5.41, 5.74) is 2.82. The second kappa shape index (κ2) is 5.97. The first-order valence-electron chi connectivity index (χ1n) is 9.98. The summed E-state index contributed by atoms with van der Waals surface area (Å²) in [6.45, 7) is 2.76.